The molecule has 8 nitrogen and oxygen atoms in total. The summed E-state index contributed by atoms with van der Waals surface area (Å²) in [6.45, 7) is 2.26. The number of carbonyl (C=O) groups is 2. The minimum Gasteiger partial charge on any atom is -0.397 e. The van der Waals surface area contributed by atoms with Crippen molar-refractivity contribution in [2.75, 3.05) is 44.8 Å². The topological polar surface area (TPSA) is 104 Å². The van der Waals surface area contributed by atoms with Crippen molar-refractivity contribution < 1.29 is 9.59 Å². The van der Waals surface area contributed by atoms with Crippen molar-refractivity contribution in [2.24, 2.45) is 0 Å². The van der Waals surface area contributed by atoms with Gasteiger partial charge in [-0.1, -0.05) is 48.5 Å². The Hall–Kier alpha value is -3.91. The van der Waals surface area contributed by atoms with Crippen LogP contribution in [0.3, 0.4) is 0 Å². The molecule has 0 unspecified atom stereocenters. The zero-order valence-corrected chi connectivity index (χ0v) is 19.7. The molecule has 0 radical (unpaired) electrons. The Kier molecular flexibility index (Phi) is 8.99. The molecular formula is C26H32N6O2. The van der Waals surface area contributed by atoms with Crippen molar-refractivity contribution >= 4 is 23.3 Å². The molecule has 0 spiro atoms. The summed E-state index contributed by atoms with van der Waals surface area (Å²) in [6, 6.07) is 20.5. The van der Waals surface area contributed by atoms with Crippen LogP contribution in [0.2, 0.25) is 0 Å². The molecule has 3 rings (SSSR count). The van der Waals surface area contributed by atoms with E-state index < -0.39 is 0 Å². The number of aromatic nitrogens is 1. The highest BCUT2D eigenvalue weighted by molar-refractivity contribution is 6.04. The smallest absolute Gasteiger partial charge is 0.317 e. The van der Waals surface area contributed by atoms with Gasteiger partial charge in [0.25, 0.3) is 5.91 Å². The number of nitrogens with two attached hydrogens (primary N) is 1. The molecule has 34 heavy (non-hydrogen) atoms. The van der Waals surface area contributed by atoms with Crippen LogP contribution < -0.4 is 16.4 Å². The Morgan fingerprint density at radius 1 is 0.912 bits per heavy atom. The highest BCUT2D eigenvalue weighted by atomic mass is 16.2. The number of para-hydroxylation sites is 2. The highest BCUT2D eigenvalue weighted by Crippen LogP contribution is 2.17. The molecule has 178 valence electrons. The van der Waals surface area contributed by atoms with E-state index in [1.807, 2.05) is 55.4 Å². The minimum atomic E-state index is -0.340. The van der Waals surface area contributed by atoms with Crippen LogP contribution in [0.25, 0.3) is 0 Å². The first kappa shape index (κ1) is 24.7. The fraction of sp³-hybridized carbons (Fsp3) is 0.269. The van der Waals surface area contributed by atoms with Crippen molar-refractivity contribution in [1.82, 2.24) is 20.1 Å². The summed E-state index contributed by atoms with van der Waals surface area (Å²) in [5.74, 6) is -0.340. The second-order valence-electron chi connectivity index (χ2n) is 8.29. The second-order valence-corrected chi connectivity index (χ2v) is 8.29. The van der Waals surface area contributed by atoms with Crippen LogP contribution in [0.4, 0.5) is 16.2 Å². The van der Waals surface area contributed by atoms with Gasteiger partial charge in [-0.15, -0.1) is 0 Å². The van der Waals surface area contributed by atoms with Crippen molar-refractivity contribution in [3.8, 4) is 0 Å². The van der Waals surface area contributed by atoms with Gasteiger partial charge in [-0.25, -0.2) is 4.79 Å². The number of nitrogen functional groups attached to an aromatic ring is 1. The van der Waals surface area contributed by atoms with E-state index in [1.165, 1.54) is 5.56 Å². The highest BCUT2D eigenvalue weighted by Gasteiger charge is 2.15. The molecule has 3 aromatic rings. The predicted octanol–water partition coefficient (Wildman–Crippen LogP) is 3.23. The third-order valence-electron chi connectivity index (χ3n) is 5.28. The van der Waals surface area contributed by atoms with E-state index in [-0.39, 0.29) is 17.6 Å². The average Bonchev–Trinajstić information content (AvgIpc) is 2.84. The molecule has 0 saturated carbocycles. The van der Waals surface area contributed by atoms with Crippen LogP contribution in [0.5, 0.6) is 0 Å². The Morgan fingerprint density at radius 2 is 1.65 bits per heavy atom. The van der Waals surface area contributed by atoms with Gasteiger partial charge in [0.15, 0.2) is 0 Å². The van der Waals surface area contributed by atoms with Crippen molar-refractivity contribution in [2.45, 2.75) is 13.0 Å². The largest absolute Gasteiger partial charge is 0.397 e. The van der Waals surface area contributed by atoms with E-state index in [2.05, 4.69) is 15.6 Å². The lowest BCUT2D eigenvalue weighted by Gasteiger charge is -2.25. The lowest BCUT2D eigenvalue weighted by molar-refractivity contribution is 0.102. The Bertz CT molecular complexity index is 1070. The quantitative estimate of drug-likeness (QED) is 0.403. The molecule has 0 atom stereocenters. The maximum atomic E-state index is 12.9. The Balaban J connectivity index is 1.59. The number of hydrogen-bond acceptors (Lipinski definition) is 5. The number of likely N-dealkylation sites (N-methyl/N-ethyl adjacent to an activating group) is 1. The zero-order valence-electron chi connectivity index (χ0n) is 19.7. The van der Waals surface area contributed by atoms with Crippen LogP contribution in [-0.4, -0.2) is 60.5 Å². The molecule has 0 aliphatic carbocycles. The third-order valence-corrected chi connectivity index (χ3v) is 5.28. The molecule has 8 heteroatoms. The summed E-state index contributed by atoms with van der Waals surface area (Å²) in [6.07, 6.45) is 2.40. The Labute approximate surface area is 200 Å². The fourth-order valence-electron chi connectivity index (χ4n) is 3.31. The second kappa shape index (κ2) is 12.4. The minimum absolute atomic E-state index is 0.126. The maximum absolute atomic E-state index is 12.9. The van der Waals surface area contributed by atoms with Crippen LogP contribution in [0.15, 0.2) is 72.9 Å². The van der Waals surface area contributed by atoms with Crippen LogP contribution >= 0.6 is 0 Å². The summed E-state index contributed by atoms with van der Waals surface area (Å²) in [5, 5.41) is 5.78. The molecule has 0 bridgehead atoms. The van der Waals surface area contributed by atoms with Crippen molar-refractivity contribution in [3.05, 3.63) is 89.7 Å². The van der Waals surface area contributed by atoms with Gasteiger partial charge in [-0.3, -0.25) is 9.78 Å². The molecular weight excluding hydrogens is 428 g/mol. The normalized spacial score (nSPS) is 10.7. The number of urea groups is 1. The Morgan fingerprint density at radius 3 is 2.32 bits per heavy atom. The molecule has 0 saturated heterocycles. The van der Waals surface area contributed by atoms with Crippen molar-refractivity contribution in [1.29, 1.82) is 0 Å². The zero-order chi connectivity index (χ0) is 24.3. The van der Waals surface area contributed by atoms with E-state index in [9.17, 15) is 9.59 Å². The molecule has 0 fully saturated rings. The number of nitrogens with zero attached hydrogens (tertiary/aromatic N) is 3. The van der Waals surface area contributed by atoms with Gasteiger partial charge in [0.2, 0.25) is 0 Å². The van der Waals surface area contributed by atoms with Crippen LogP contribution in [0.1, 0.15) is 21.6 Å². The van der Waals surface area contributed by atoms with Gasteiger partial charge in [0.05, 0.1) is 11.4 Å². The summed E-state index contributed by atoms with van der Waals surface area (Å²) in [5.41, 5.74) is 9.22. The summed E-state index contributed by atoms with van der Waals surface area (Å²) >= 11 is 0. The monoisotopic (exact) mass is 460 g/mol. The molecule has 4 N–H and O–H groups in total. The van der Waals surface area contributed by atoms with Gasteiger partial charge in [0, 0.05) is 32.4 Å². The first-order valence-electron chi connectivity index (χ1n) is 11.2. The van der Waals surface area contributed by atoms with Gasteiger partial charge < -0.3 is 26.2 Å². The van der Waals surface area contributed by atoms with Gasteiger partial charge in [0.1, 0.15) is 5.69 Å². The fourth-order valence-corrected chi connectivity index (χ4v) is 3.31. The number of rotatable bonds is 10. The predicted molar refractivity (Wildman–Crippen MR) is 136 cm³/mol. The lowest BCUT2D eigenvalue weighted by atomic mass is 10.1. The standard InChI is InChI=1S/C26H32N6O2/c1-31(2)16-17-32(26(34)28-15-14-20-8-4-3-5-9-20)19-21-12-13-24(29-18-21)25(33)30-23-11-7-6-10-22(23)27/h3-13,18H,14-17,19,27H2,1-2H3,(H,28,34)(H,30,33). The molecule has 3 amide bonds. The number of nitrogens with one attached hydrogen (secondary N) is 2. The first-order chi connectivity index (χ1) is 16.4. The van der Waals surface area contributed by atoms with Gasteiger partial charge in [-0.2, -0.15) is 0 Å². The van der Waals surface area contributed by atoms with E-state index in [4.69, 9.17) is 5.73 Å². The van der Waals surface area contributed by atoms with Gasteiger partial charge in [-0.05, 0) is 49.8 Å². The first-order valence-corrected chi connectivity index (χ1v) is 11.2. The molecule has 0 aliphatic heterocycles. The average molecular weight is 461 g/mol. The maximum Gasteiger partial charge on any atom is 0.317 e. The molecule has 1 aromatic heterocycles. The van der Waals surface area contributed by atoms with E-state index in [0.29, 0.717) is 31.0 Å². The summed E-state index contributed by atoms with van der Waals surface area (Å²) < 4.78 is 0. The number of pyridine rings is 1. The molecule has 2 aromatic carbocycles. The number of carbonyl (C=O) groups excluding carboxylic acids is 2. The molecule has 1 heterocycles. The molecule has 0 aliphatic rings. The van der Waals surface area contributed by atoms with E-state index in [0.717, 1.165) is 18.5 Å². The summed E-state index contributed by atoms with van der Waals surface area (Å²) in [4.78, 5) is 33.5. The van der Waals surface area contributed by atoms with Crippen LogP contribution in [0, 0.1) is 0 Å². The SMILES string of the molecule is CN(C)CCN(Cc1ccc(C(=O)Nc2ccccc2N)nc1)C(=O)NCCc1ccccc1. The van der Waals surface area contributed by atoms with E-state index >= 15 is 0 Å². The van der Waals surface area contributed by atoms with Crippen molar-refractivity contribution in [3.63, 3.8) is 0 Å². The summed E-state index contributed by atoms with van der Waals surface area (Å²) in [7, 11) is 3.94. The van der Waals surface area contributed by atoms with E-state index in [1.54, 1.807) is 41.4 Å². The third kappa shape index (κ3) is 7.60. The lowest BCUT2D eigenvalue weighted by Crippen LogP contribution is -2.43. The number of hydrogen-bond donors (Lipinski definition) is 3. The van der Waals surface area contributed by atoms with Gasteiger partial charge >= 0.3 is 6.03 Å². The number of amides is 3. The number of anilines is 2. The number of benzene rings is 2. The van der Waals surface area contributed by atoms with Crippen LogP contribution in [-0.2, 0) is 13.0 Å².